The highest BCUT2D eigenvalue weighted by Gasteiger charge is 2.18. The zero-order chi connectivity index (χ0) is 17.0. The number of furan rings is 1. The van der Waals surface area contributed by atoms with Gasteiger partial charge in [-0.3, -0.25) is 9.59 Å². The fraction of sp³-hybridized carbons (Fsp3) is 0.294. The number of carbonyl (C=O) groups excluding carboxylic acids is 2. The van der Waals surface area contributed by atoms with Crippen molar-refractivity contribution in [3.05, 3.63) is 52.4 Å². The van der Waals surface area contributed by atoms with Gasteiger partial charge in [0.25, 0.3) is 5.91 Å². The van der Waals surface area contributed by atoms with Crippen molar-refractivity contribution in [2.75, 3.05) is 18.0 Å². The molecule has 1 aromatic carbocycles. The highest BCUT2D eigenvalue weighted by molar-refractivity contribution is 6.34. The maximum atomic E-state index is 12.0. The Bertz CT molecular complexity index is 688. The van der Waals surface area contributed by atoms with Crippen LogP contribution in [0.4, 0.5) is 5.69 Å². The Balaban J connectivity index is 2.08. The summed E-state index contributed by atoms with van der Waals surface area (Å²) in [5.41, 5.74) is 2.63. The first-order chi connectivity index (χ1) is 10.9. The summed E-state index contributed by atoms with van der Waals surface area (Å²) in [4.78, 5) is 25.4. The number of hydrogen-bond acceptors (Lipinski definition) is 3. The summed E-state index contributed by atoms with van der Waals surface area (Å²) in [6, 6.07) is 7.02. The molecule has 0 spiro atoms. The van der Waals surface area contributed by atoms with E-state index in [9.17, 15) is 9.59 Å². The predicted octanol–water partition coefficient (Wildman–Crippen LogP) is 3.33. The van der Waals surface area contributed by atoms with E-state index in [0.717, 1.165) is 11.1 Å². The topological polar surface area (TPSA) is 62.6 Å². The van der Waals surface area contributed by atoms with Gasteiger partial charge < -0.3 is 14.6 Å². The number of amides is 2. The largest absolute Gasteiger partial charge is 0.459 e. The number of carbonyl (C=O) groups is 2. The lowest BCUT2D eigenvalue weighted by atomic mass is 10.1. The molecule has 0 bridgehead atoms. The standard InChI is InChI=1S/C17H19ClN2O3/c1-11-9-12(2)16(14(18)10-11)20(13(3)21)7-6-19-17(22)15-5-4-8-23-15/h4-5,8-10H,6-7H2,1-3H3,(H,19,22). The van der Waals surface area contributed by atoms with E-state index in [-0.39, 0.29) is 17.6 Å². The zero-order valence-electron chi connectivity index (χ0n) is 13.4. The molecule has 0 saturated heterocycles. The monoisotopic (exact) mass is 334 g/mol. The van der Waals surface area contributed by atoms with Crippen molar-refractivity contribution in [1.82, 2.24) is 5.32 Å². The summed E-state index contributed by atoms with van der Waals surface area (Å²) < 4.78 is 5.02. The summed E-state index contributed by atoms with van der Waals surface area (Å²) in [5, 5.41) is 3.24. The van der Waals surface area contributed by atoms with Gasteiger partial charge in [-0.05, 0) is 43.2 Å². The van der Waals surface area contributed by atoms with Crippen LogP contribution >= 0.6 is 11.6 Å². The van der Waals surface area contributed by atoms with E-state index in [1.54, 1.807) is 17.0 Å². The molecule has 1 aromatic heterocycles. The minimum atomic E-state index is -0.315. The molecule has 2 rings (SSSR count). The van der Waals surface area contributed by atoms with Crippen molar-refractivity contribution >= 4 is 29.1 Å². The highest BCUT2D eigenvalue weighted by atomic mass is 35.5. The van der Waals surface area contributed by atoms with Crippen molar-refractivity contribution in [2.45, 2.75) is 20.8 Å². The molecule has 0 fully saturated rings. The second kappa shape index (κ2) is 7.33. The summed E-state index contributed by atoms with van der Waals surface area (Å²) >= 11 is 6.30. The summed E-state index contributed by atoms with van der Waals surface area (Å²) in [6.07, 6.45) is 1.44. The predicted molar refractivity (Wildman–Crippen MR) is 90.0 cm³/mol. The molecular formula is C17H19ClN2O3. The van der Waals surface area contributed by atoms with Gasteiger partial charge in [-0.25, -0.2) is 0 Å². The van der Waals surface area contributed by atoms with E-state index in [0.29, 0.717) is 23.8 Å². The Hall–Kier alpha value is -2.27. The smallest absolute Gasteiger partial charge is 0.287 e. The average Bonchev–Trinajstić information content (AvgIpc) is 2.98. The highest BCUT2D eigenvalue weighted by Crippen LogP contribution is 2.31. The second-order valence-electron chi connectivity index (χ2n) is 5.32. The molecule has 122 valence electrons. The zero-order valence-corrected chi connectivity index (χ0v) is 14.1. The van der Waals surface area contributed by atoms with Crippen LogP contribution in [0.3, 0.4) is 0 Å². The van der Waals surface area contributed by atoms with Crippen molar-refractivity contribution in [3.63, 3.8) is 0 Å². The molecule has 5 nitrogen and oxygen atoms in total. The van der Waals surface area contributed by atoms with Gasteiger partial charge in [-0.15, -0.1) is 0 Å². The van der Waals surface area contributed by atoms with E-state index < -0.39 is 0 Å². The van der Waals surface area contributed by atoms with Gasteiger partial charge in [0.2, 0.25) is 5.91 Å². The maximum Gasteiger partial charge on any atom is 0.287 e. The Kier molecular flexibility index (Phi) is 5.45. The lowest BCUT2D eigenvalue weighted by molar-refractivity contribution is -0.116. The van der Waals surface area contributed by atoms with Gasteiger partial charge in [0, 0.05) is 20.0 Å². The molecule has 0 atom stereocenters. The summed E-state index contributed by atoms with van der Waals surface area (Å²) in [5.74, 6) is -0.208. The van der Waals surface area contributed by atoms with E-state index in [2.05, 4.69) is 5.32 Å². The number of nitrogens with zero attached hydrogens (tertiary/aromatic N) is 1. The van der Waals surface area contributed by atoms with Crippen LogP contribution in [-0.2, 0) is 4.79 Å². The second-order valence-corrected chi connectivity index (χ2v) is 5.72. The van der Waals surface area contributed by atoms with Gasteiger partial charge in [0.15, 0.2) is 5.76 Å². The van der Waals surface area contributed by atoms with Gasteiger partial charge in [-0.1, -0.05) is 17.7 Å². The minimum absolute atomic E-state index is 0.133. The Labute approximate surface area is 140 Å². The molecule has 2 amide bonds. The molecule has 0 aliphatic rings. The number of anilines is 1. The first-order valence-electron chi connectivity index (χ1n) is 7.26. The number of halogens is 1. The van der Waals surface area contributed by atoms with Crippen molar-refractivity contribution in [1.29, 1.82) is 0 Å². The fourth-order valence-corrected chi connectivity index (χ4v) is 2.88. The number of nitrogens with one attached hydrogen (secondary N) is 1. The molecule has 0 radical (unpaired) electrons. The van der Waals surface area contributed by atoms with Crippen LogP contribution < -0.4 is 10.2 Å². The number of aryl methyl sites for hydroxylation is 2. The quantitative estimate of drug-likeness (QED) is 0.912. The van der Waals surface area contributed by atoms with Crippen LogP contribution in [0.25, 0.3) is 0 Å². The Morgan fingerprint density at radius 1 is 1.30 bits per heavy atom. The van der Waals surface area contributed by atoms with Gasteiger partial charge in [0.1, 0.15) is 0 Å². The first kappa shape index (κ1) is 17.1. The molecule has 0 saturated carbocycles. The van der Waals surface area contributed by atoms with Gasteiger partial charge >= 0.3 is 0 Å². The van der Waals surface area contributed by atoms with Crippen molar-refractivity contribution in [2.24, 2.45) is 0 Å². The molecular weight excluding hydrogens is 316 g/mol. The van der Waals surface area contributed by atoms with Gasteiger partial charge in [0.05, 0.1) is 17.0 Å². The van der Waals surface area contributed by atoms with Crippen molar-refractivity contribution < 1.29 is 14.0 Å². The first-order valence-corrected chi connectivity index (χ1v) is 7.64. The van der Waals surface area contributed by atoms with Crippen molar-refractivity contribution in [3.8, 4) is 0 Å². The van der Waals surface area contributed by atoms with Crippen LogP contribution in [0.2, 0.25) is 5.02 Å². The van der Waals surface area contributed by atoms with E-state index >= 15 is 0 Å². The maximum absolute atomic E-state index is 12.0. The summed E-state index contributed by atoms with van der Waals surface area (Å²) in [6.45, 7) is 5.95. The van der Waals surface area contributed by atoms with Crippen LogP contribution in [0.1, 0.15) is 28.6 Å². The molecule has 0 unspecified atom stereocenters. The lowest BCUT2D eigenvalue weighted by Gasteiger charge is -2.24. The molecule has 0 aliphatic carbocycles. The third-order valence-electron chi connectivity index (χ3n) is 3.41. The van der Waals surface area contributed by atoms with Crippen LogP contribution in [0.15, 0.2) is 34.9 Å². The molecule has 0 aliphatic heterocycles. The number of rotatable bonds is 5. The van der Waals surface area contributed by atoms with E-state index in [4.69, 9.17) is 16.0 Å². The molecule has 2 aromatic rings. The van der Waals surface area contributed by atoms with Crippen LogP contribution in [0, 0.1) is 13.8 Å². The third kappa shape index (κ3) is 4.13. The average molecular weight is 335 g/mol. The summed E-state index contributed by atoms with van der Waals surface area (Å²) in [7, 11) is 0. The molecule has 1 heterocycles. The van der Waals surface area contributed by atoms with Crippen LogP contribution in [0.5, 0.6) is 0 Å². The Morgan fingerprint density at radius 3 is 2.61 bits per heavy atom. The normalized spacial score (nSPS) is 10.4. The Morgan fingerprint density at radius 2 is 2.04 bits per heavy atom. The van der Waals surface area contributed by atoms with Crippen LogP contribution in [-0.4, -0.2) is 24.9 Å². The molecule has 1 N–H and O–H groups in total. The SMILES string of the molecule is CC(=O)N(CCNC(=O)c1ccco1)c1c(C)cc(C)cc1Cl. The van der Waals surface area contributed by atoms with Gasteiger partial charge in [-0.2, -0.15) is 0 Å². The third-order valence-corrected chi connectivity index (χ3v) is 3.70. The minimum Gasteiger partial charge on any atom is -0.459 e. The number of benzene rings is 1. The lowest BCUT2D eigenvalue weighted by Crippen LogP contribution is -2.38. The fourth-order valence-electron chi connectivity index (χ4n) is 2.45. The number of hydrogen-bond donors (Lipinski definition) is 1. The molecule has 23 heavy (non-hydrogen) atoms. The molecule has 6 heteroatoms. The van der Waals surface area contributed by atoms with E-state index in [1.807, 2.05) is 26.0 Å². The van der Waals surface area contributed by atoms with E-state index in [1.165, 1.54) is 13.2 Å².